The van der Waals surface area contributed by atoms with Crippen LogP contribution in [-0.4, -0.2) is 59.3 Å². The maximum Gasteiger partial charge on any atom is 0.467 e. The van der Waals surface area contributed by atoms with Gasteiger partial charge in [0.05, 0.1) is 19.6 Å². The number of quaternary nitrogens is 1. The van der Waals surface area contributed by atoms with E-state index < -0.39 is 42.9 Å². The third-order valence-electron chi connectivity index (χ3n) is 4.20. The van der Waals surface area contributed by atoms with Gasteiger partial charge in [-0.1, -0.05) is 19.8 Å². The molecule has 0 atom stereocenters. The number of nitrogens with one attached hydrogen (secondary N) is 1. The van der Waals surface area contributed by atoms with Crippen LogP contribution < -0.4 is 4.90 Å². The summed E-state index contributed by atoms with van der Waals surface area (Å²) in [5.41, 5.74) is 0. The molecule has 1 heterocycles. The van der Waals surface area contributed by atoms with Crippen molar-refractivity contribution in [1.29, 1.82) is 0 Å². The topological polar surface area (TPSA) is 86.8 Å². The number of hydrogen-bond acceptors (Lipinski definition) is 4. The molecule has 0 bridgehead atoms. The summed E-state index contributed by atoms with van der Waals surface area (Å²) in [6.45, 7) is 6.63. The van der Waals surface area contributed by atoms with Crippen molar-refractivity contribution in [2.24, 2.45) is 0 Å². The lowest BCUT2D eigenvalue weighted by atomic mass is 10.2. The first-order valence-corrected chi connectivity index (χ1v) is 12.0. The van der Waals surface area contributed by atoms with Gasteiger partial charge in [-0.15, -0.1) is 0 Å². The third kappa shape index (κ3) is 7.86. The van der Waals surface area contributed by atoms with Gasteiger partial charge in [0.1, 0.15) is 0 Å². The summed E-state index contributed by atoms with van der Waals surface area (Å²) in [6, 6.07) is 0. The standard InChI is InChI=1S/C10H21N.C4F10NO4S2/c1-2-3-4-5-8-11-9-6-7-10-11;5-1(6,7)3(11,12)20(16,17)15-21(18,19)4(13,14)2(8,9)10/h2-10H2,1H3;/q;-1/p+1. The van der Waals surface area contributed by atoms with Gasteiger partial charge in [-0.3, -0.25) is 0 Å². The molecule has 1 aliphatic rings. The van der Waals surface area contributed by atoms with Gasteiger partial charge >= 0.3 is 22.9 Å². The molecule has 194 valence electrons. The van der Waals surface area contributed by atoms with E-state index in [0.717, 1.165) is 0 Å². The van der Waals surface area contributed by atoms with E-state index >= 15 is 0 Å². The molecular weight excluding hydrogens is 514 g/mol. The van der Waals surface area contributed by atoms with Crippen LogP contribution in [0.4, 0.5) is 43.9 Å². The molecule has 0 aromatic heterocycles. The molecular formula is C14H22F10N2O4S2. The number of alkyl halides is 10. The summed E-state index contributed by atoms with van der Waals surface area (Å²) in [5, 5.41) is -14.0. The summed E-state index contributed by atoms with van der Waals surface area (Å²) >= 11 is 0. The zero-order valence-electron chi connectivity index (χ0n) is 16.5. The molecule has 1 saturated heterocycles. The SMILES string of the molecule is CCCCCC[NH+]1CCCC1.O=S(=O)([N-]S(=O)(=O)C(F)(F)C(F)(F)F)C(F)(F)C(F)(F)F. The lowest BCUT2D eigenvalue weighted by Crippen LogP contribution is -3.09. The lowest BCUT2D eigenvalue weighted by Gasteiger charge is -2.31. The van der Waals surface area contributed by atoms with Crippen molar-refractivity contribution in [1.82, 2.24) is 0 Å². The number of unbranched alkanes of at least 4 members (excludes halogenated alkanes) is 3. The predicted octanol–water partition coefficient (Wildman–Crippen LogP) is 3.58. The fourth-order valence-electron chi connectivity index (χ4n) is 2.44. The maximum absolute atomic E-state index is 12.3. The molecule has 0 radical (unpaired) electrons. The van der Waals surface area contributed by atoms with Gasteiger partial charge in [-0.25, -0.2) is 16.8 Å². The van der Waals surface area contributed by atoms with Crippen molar-refractivity contribution in [3.05, 3.63) is 4.13 Å². The first kappa shape index (κ1) is 31.1. The van der Waals surface area contributed by atoms with Crippen LogP contribution in [0, 0.1) is 0 Å². The van der Waals surface area contributed by atoms with Gasteiger partial charge in [-0.2, -0.15) is 43.9 Å². The van der Waals surface area contributed by atoms with Gasteiger partial charge < -0.3 is 9.03 Å². The van der Waals surface area contributed by atoms with Crippen LogP contribution in [0.15, 0.2) is 0 Å². The molecule has 0 unspecified atom stereocenters. The Labute approximate surface area is 178 Å². The van der Waals surface area contributed by atoms with Gasteiger partial charge in [0.2, 0.25) is 0 Å². The molecule has 0 aromatic carbocycles. The molecule has 1 rings (SSSR count). The van der Waals surface area contributed by atoms with Crippen molar-refractivity contribution in [3.8, 4) is 0 Å². The molecule has 0 amide bonds. The second kappa shape index (κ2) is 11.0. The van der Waals surface area contributed by atoms with Gasteiger partial charge in [0.15, 0.2) is 20.0 Å². The average Bonchev–Trinajstić information content (AvgIpc) is 3.09. The van der Waals surface area contributed by atoms with Crippen molar-refractivity contribution < 1.29 is 65.6 Å². The number of sulfonamides is 2. The summed E-state index contributed by atoms with van der Waals surface area (Å²) in [4.78, 5) is 1.86. The van der Waals surface area contributed by atoms with Crippen LogP contribution in [0.1, 0.15) is 45.4 Å². The van der Waals surface area contributed by atoms with E-state index in [-0.39, 0.29) is 0 Å². The van der Waals surface area contributed by atoms with Gasteiger partial charge in [0, 0.05) is 12.8 Å². The zero-order valence-corrected chi connectivity index (χ0v) is 18.2. The smallest absolute Gasteiger partial charge is 0.425 e. The fraction of sp³-hybridized carbons (Fsp3) is 1.00. The van der Waals surface area contributed by atoms with Crippen LogP contribution >= 0.6 is 0 Å². The molecule has 32 heavy (non-hydrogen) atoms. The van der Waals surface area contributed by atoms with E-state index in [1.165, 1.54) is 58.2 Å². The Morgan fingerprint density at radius 1 is 0.688 bits per heavy atom. The number of likely N-dealkylation sites (tertiary alicyclic amines) is 1. The van der Waals surface area contributed by atoms with Crippen molar-refractivity contribution in [2.75, 3.05) is 19.6 Å². The Balaban J connectivity index is 0.000000726. The molecule has 1 fully saturated rings. The predicted molar refractivity (Wildman–Crippen MR) is 92.1 cm³/mol. The first-order chi connectivity index (χ1) is 14.1. The molecule has 0 saturated carbocycles. The Kier molecular flexibility index (Phi) is 10.7. The van der Waals surface area contributed by atoms with E-state index in [1.807, 2.05) is 4.90 Å². The normalized spacial score (nSPS) is 17.2. The van der Waals surface area contributed by atoms with Gasteiger partial charge in [0.25, 0.3) is 0 Å². The van der Waals surface area contributed by atoms with Crippen LogP contribution in [0.2, 0.25) is 0 Å². The van der Waals surface area contributed by atoms with E-state index in [2.05, 4.69) is 6.92 Å². The summed E-state index contributed by atoms with van der Waals surface area (Å²) in [7, 11) is -15.2. The highest BCUT2D eigenvalue weighted by Gasteiger charge is 2.68. The van der Waals surface area contributed by atoms with Gasteiger partial charge in [-0.05, 0) is 12.8 Å². The van der Waals surface area contributed by atoms with E-state index in [1.54, 1.807) is 0 Å². The van der Waals surface area contributed by atoms with Crippen LogP contribution in [0.5, 0.6) is 0 Å². The molecule has 18 heteroatoms. The van der Waals surface area contributed by atoms with Crippen LogP contribution in [0.25, 0.3) is 4.13 Å². The molecule has 0 spiro atoms. The number of hydrogen-bond donors (Lipinski definition) is 1. The van der Waals surface area contributed by atoms with E-state index in [4.69, 9.17) is 0 Å². The zero-order chi connectivity index (χ0) is 25.6. The van der Waals surface area contributed by atoms with Crippen LogP contribution in [0.3, 0.4) is 0 Å². The maximum atomic E-state index is 12.3. The highest BCUT2D eigenvalue weighted by atomic mass is 32.3. The number of rotatable bonds is 9. The minimum atomic E-state index is -7.62. The third-order valence-corrected chi connectivity index (χ3v) is 7.53. The minimum Gasteiger partial charge on any atom is -0.425 e. The first-order valence-electron chi connectivity index (χ1n) is 9.10. The van der Waals surface area contributed by atoms with E-state index in [9.17, 15) is 60.7 Å². The van der Waals surface area contributed by atoms with E-state index in [0.29, 0.717) is 4.13 Å². The number of nitrogens with zero attached hydrogens (tertiary/aromatic N) is 1. The fourth-order valence-corrected chi connectivity index (χ4v) is 4.81. The summed E-state index contributed by atoms with van der Waals surface area (Å²) < 4.78 is 161. The molecule has 6 nitrogen and oxygen atoms in total. The highest BCUT2D eigenvalue weighted by Crippen LogP contribution is 2.47. The Hall–Kier alpha value is -0.880. The van der Waals surface area contributed by atoms with Crippen molar-refractivity contribution >= 4 is 20.0 Å². The number of halogens is 10. The highest BCUT2D eigenvalue weighted by molar-refractivity contribution is 8.13. The summed E-state index contributed by atoms with van der Waals surface area (Å²) in [5.74, 6) is 0. The van der Waals surface area contributed by atoms with Crippen molar-refractivity contribution in [3.63, 3.8) is 0 Å². The Morgan fingerprint density at radius 3 is 1.38 bits per heavy atom. The van der Waals surface area contributed by atoms with Crippen LogP contribution in [-0.2, 0) is 20.0 Å². The minimum absolute atomic E-state index is 0.422. The van der Waals surface area contributed by atoms with Crippen molar-refractivity contribution in [2.45, 2.75) is 68.3 Å². The molecule has 0 aromatic rings. The average molecular weight is 536 g/mol. The molecule has 0 aliphatic carbocycles. The second-order valence-corrected chi connectivity index (χ2v) is 10.3. The largest absolute Gasteiger partial charge is 0.467 e. The Bertz CT molecular complexity index is 735. The monoisotopic (exact) mass is 536 g/mol. The quantitative estimate of drug-likeness (QED) is 0.361. The summed E-state index contributed by atoms with van der Waals surface area (Å²) in [6.07, 6.45) is -5.32. The second-order valence-electron chi connectivity index (χ2n) is 6.82. The molecule has 1 aliphatic heterocycles. The molecule has 1 N–H and O–H groups in total. The Morgan fingerprint density at radius 2 is 1.06 bits per heavy atom. The lowest BCUT2D eigenvalue weighted by molar-refractivity contribution is -0.887.